The molecule has 35 heavy (non-hydrogen) atoms. The summed E-state index contributed by atoms with van der Waals surface area (Å²) < 4.78 is 0. The SMILES string of the molecule is O=C(C(Cc1c[nH]c2ccccc12)Nc1ccc(Nc2ccncc2)cc1)N1CCC(CCO)C1. The Labute approximate surface area is 205 Å². The lowest BCUT2D eigenvalue weighted by Gasteiger charge is -2.25. The number of hydrogen-bond donors (Lipinski definition) is 4. The fourth-order valence-electron chi connectivity index (χ4n) is 4.84. The van der Waals surface area contributed by atoms with Crippen molar-refractivity contribution in [3.05, 3.63) is 84.8 Å². The molecule has 0 radical (unpaired) electrons. The lowest BCUT2D eigenvalue weighted by Crippen LogP contribution is -2.43. The van der Waals surface area contributed by atoms with E-state index in [4.69, 9.17) is 0 Å². The molecule has 1 aliphatic heterocycles. The Morgan fingerprint density at radius 3 is 2.60 bits per heavy atom. The summed E-state index contributed by atoms with van der Waals surface area (Å²) in [6, 6.07) is 19.6. The van der Waals surface area contributed by atoms with Gasteiger partial charge in [0.2, 0.25) is 5.91 Å². The van der Waals surface area contributed by atoms with Crippen LogP contribution in [0.3, 0.4) is 0 Å². The van der Waals surface area contributed by atoms with E-state index >= 15 is 0 Å². The predicted molar refractivity (Wildman–Crippen MR) is 140 cm³/mol. The van der Waals surface area contributed by atoms with Gasteiger partial charge in [-0.2, -0.15) is 0 Å². The van der Waals surface area contributed by atoms with Crippen molar-refractivity contribution in [1.29, 1.82) is 0 Å². The molecule has 7 heteroatoms. The highest BCUT2D eigenvalue weighted by molar-refractivity contribution is 5.88. The van der Waals surface area contributed by atoms with Gasteiger partial charge in [-0.15, -0.1) is 0 Å². The van der Waals surface area contributed by atoms with Crippen molar-refractivity contribution in [1.82, 2.24) is 14.9 Å². The average Bonchev–Trinajstić information content (AvgIpc) is 3.53. The maximum absolute atomic E-state index is 13.6. The van der Waals surface area contributed by atoms with Crippen LogP contribution in [0.5, 0.6) is 0 Å². The average molecular weight is 470 g/mol. The Morgan fingerprint density at radius 1 is 1.06 bits per heavy atom. The van der Waals surface area contributed by atoms with Crippen LogP contribution >= 0.6 is 0 Å². The molecule has 2 aromatic carbocycles. The van der Waals surface area contributed by atoms with Crippen molar-refractivity contribution < 1.29 is 9.90 Å². The molecule has 2 aromatic heterocycles. The Morgan fingerprint density at radius 2 is 1.80 bits per heavy atom. The number of anilines is 3. The topological polar surface area (TPSA) is 93.3 Å². The number of aliphatic hydroxyl groups excluding tert-OH is 1. The Balaban J connectivity index is 1.34. The number of aromatic amines is 1. The zero-order valence-electron chi connectivity index (χ0n) is 19.7. The fraction of sp³-hybridized carbons (Fsp3) is 0.286. The number of H-pyrrole nitrogens is 1. The van der Waals surface area contributed by atoms with Gasteiger partial charge in [-0.3, -0.25) is 9.78 Å². The molecule has 180 valence electrons. The molecule has 7 nitrogen and oxygen atoms in total. The molecule has 0 bridgehead atoms. The van der Waals surface area contributed by atoms with E-state index in [0.717, 1.165) is 52.9 Å². The minimum absolute atomic E-state index is 0.106. The van der Waals surface area contributed by atoms with Gasteiger partial charge in [-0.1, -0.05) is 18.2 Å². The summed E-state index contributed by atoms with van der Waals surface area (Å²) in [7, 11) is 0. The maximum atomic E-state index is 13.6. The highest BCUT2D eigenvalue weighted by Crippen LogP contribution is 2.25. The second kappa shape index (κ2) is 10.6. The van der Waals surface area contributed by atoms with Gasteiger partial charge in [0.15, 0.2) is 0 Å². The van der Waals surface area contributed by atoms with Gasteiger partial charge in [-0.25, -0.2) is 0 Å². The molecule has 1 fully saturated rings. The second-order valence-electron chi connectivity index (χ2n) is 9.15. The Hall–Kier alpha value is -3.84. The largest absolute Gasteiger partial charge is 0.396 e. The van der Waals surface area contributed by atoms with Gasteiger partial charge in [0.05, 0.1) is 0 Å². The number of fused-ring (bicyclic) bond motifs is 1. The minimum atomic E-state index is -0.388. The van der Waals surface area contributed by atoms with E-state index in [1.807, 2.05) is 59.6 Å². The zero-order valence-corrected chi connectivity index (χ0v) is 19.7. The van der Waals surface area contributed by atoms with Gasteiger partial charge in [0.25, 0.3) is 0 Å². The minimum Gasteiger partial charge on any atom is -0.396 e. The highest BCUT2D eigenvalue weighted by atomic mass is 16.3. The van der Waals surface area contributed by atoms with E-state index < -0.39 is 0 Å². The van der Waals surface area contributed by atoms with Gasteiger partial charge in [-0.05, 0) is 66.8 Å². The normalized spacial score (nSPS) is 16.4. The fourth-order valence-corrected chi connectivity index (χ4v) is 4.84. The predicted octanol–water partition coefficient (Wildman–Crippen LogP) is 4.56. The molecule has 1 saturated heterocycles. The first-order chi connectivity index (χ1) is 17.2. The van der Waals surface area contributed by atoms with Crippen LogP contribution < -0.4 is 10.6 Å². The number of nitrogens with zero attached hydrogens (tertiary/aromatic N) is 2. The van der Waals surface area contributed by atoms with E-state index in [9.17, 15) is 9.90 Å². The standard InChI is InChI=1S/C28H31N5O2/c34-16-12-20-11-15-33(19-20)28(35)27(17-21-18-30-26-4-2-1-3-25(21)26)32-23-7-5-22(6-8-23)31-24-9-13-29-14-10-24/h1-10,13-14,18,20,27,30,32,34H,11-12,15-17,19H2,(H,29,31). The zero-order chi connectivity index (χ0) is 24.0. The van der Waals surface area contributed by atoms with Crippen molar-refractivity contribution in [2.75, 3.05) is 30.3 Å². The third-order valence-electron chi connectivity index (χ3n) is 6.73. The van der Waals surface area contributed by atoms with Crippen LogP contribution in [0.1, 0.15) is 18.4 Å². The first-order valence-electron chi connectivity index (χ1n) is 12.2. The molecular weight excluding hydrogens is 438 g/mol. The number of carbonyl (C=O) groups is 1. The first kappa shape index (κ1) is 22.9. The first-order valence-corrected chi connectivity index (χ1v) is 12.2. The molecule has 2 unspecified atom stereocenters. The van der Waals surface area contributed by atoms with E-state index in [1.165, 1.54) is 0 Å². The number of para-hydroxylation sites is 1. The van der Waals surface area contributed by atoms with E-state index in [1.54, 1.807) is 12.4 Å². The van der Waals surface area contributed by atoms with Crippen LogP contribution in [0.15, 0.2) is 79.3 Å². The van der Waals surface area contributed by atoms with Crippen molar-refractivity contribution in [3.63, 3.8) is 0 Å². The molecule has 0 saturated carbocycles. The maximum Gasteiger partial charge on any atom is 0.245 e. The van der Waals surface area contributed by atoms with Gasteiger partial charge < -0.3 is 25.6 Å². The van der Waals surface area contributed by atoms with Crippen LogP contribution in [0.4, 0.5) is 17.1 Å². The quantitative estimate of drug-likeness (QED) is 0.288. The van der Waals surface area contributed by atoms with Crippen molar-refractivity contribution in [2.45, 2.75) is 25.3 Å². The molecular formula is C28H31N5O2. The summed E-state index contributed by atoms with van der Waals surface area (Å²) in [5.74, 6) is 0.478. The second-order valence-corrected chi connectivity index (χ2v) is 9.15. The van der Waals surface area contributed by atoms with Gasteiger partial charge in [0.1, 0.15) is 6.04 Å². The van der Waals surface area contributed by atoms with Gasteiger partial charge >= 0.3 is 0 Å². The van der Waals surface area contributed by atoms with Crippen LogP contribution in [0.2, 0.25) is 0 Å². The lowest BCUT2D eigenvalue weighted by molar-refractivity contribution is -0.131. The van der Waals surface area contributed by atoms with Crippen LogP contribution in [-0.2, 0) is 11.2 Å². The summed E-state index contributed by atoms with van der Waals surface area (Å²) in [6.45, 7) is 1.62. The molecule has 0 spiro atoms. The summed E-state index contributed by atoms with van der Waals surface area (Å²) in [4.78, 5) is 23.0. The number of likely N-dealkylation sites (tertiary alicyclic amines) is 1. The summed E-state index contributed by atoms with van der Waals surface area (Å²) in [5, 5.41) is 17.3. The number of amides is 1. The van der Waals surface area contributed by atoms with Crippen molar-refractivity contribution in [2.24, 2.45) is 5.92 Å². The van der Waals surface area contributed by atoms with Crippen molar-refractivity contribution >= 4 is 33.9 Å². The Kier molecular flexibility index (Phi) is 6.95. The third kappa shape index (κ3) is 5.46. The molecule has 1 aliphatic rings. The number of benzene rings is 2. The van der Waals surface area contributed by atoms with E-state index in [0.29, 0.717) is 18.9 Å². The Bertz CT molecular complexity index is 1260. The number of pyridine rings is 1. The number of aromatic nitrogens is 2. The van der Waals surface area contributed by atoms with E-state index in [-0.39, 0.29) is 18.6 Å². The summed E-state index contributed by atoms with van der Waals surface area (Å²) >= 11 is 0. The third-order valence-corrected chi connectivity index (χ3v) is 6.73. The molecule has 4 aromatic rings. The van der Waals surface area contributed by atoms with Crippen LogP contribution in [0.25, 0.3) is 10.9 Å². The molecule has 2 atom stereocenters. The molecule has 3 heterocycles. The number of aliphatic hydroxyl groups is 1. The van der Waals surface area contributed by atoms with Crippen LogP contribution in [0, 0.1) is 5.92 Å². The number of carbonyl (C=O) groups excluding carboxylic acids is 1. The summed E-state index contributed by atoms with van der Waals surface area (Å²) in [5.41, 5.74) is 5.03. The molecule has 5 rings (SSSR count). The molecule has 4 N–H and O–H groups in total. The lowest BCUT2D eigenvalue weighted by atomic mass is 10.0. The smallest absolute Gasteiger partial charge is 0.245 e. The van der Waals surface area contributed by atoms with Gasteiger partial charge in [0, 0.05) is 72.7 Å². The molecule has 0 aliphatic carbocycles. The monoisotopic (exact) mass is 469 g/mol. The number of rotatable bonds is 9. The van der Waals surface area contributed by atoms with Crippen LogP contribution in [-0.4, -0.2) is 51.6 Å². The summed E-state index contributed by atoms with van der Waals surface area (Å²) in [6.07, 6.45) is 7.79. The highest BCUT2D eigenvalue weighted by Gasteiger charge is 2.31. The number of nitrogens with one attached hydrogen (secondary N) is 3. The van der Waals surface area contributed by atoms with E-state index in [2.05, 4.69) is 32.7 Å². The molecule has 1 amide bonds. The number of hydrogen-bond acceptors (Lipinski definition) is 5. The van der Waals surface area contributed by atoms with Crippen molar-refractivity contribution in [3.8, 4) is 0 Å².